The fourth-order valence-corrected chi connectivity index (χ4v) is 3.83. The molecule has 0 aliphatic carbocycles. The molecule has 33 heavy (non-hydrogen) atoms. The molecule has 3 aromatic rings. The van der Waals surface area contributed by atoms with Crippen molar-refractivity contribution < 1.29 is 22.5 Å². The minimum atomic E-state index is -4.34. The number of H-pyrrole nitrogens is 1. The Morgan fingerprint density at radius 1 is 1.18 bits per heavy atom. The van der Waals surface area contributed by atoms with Gasteiger partial charge in [0.2, 0.25) is 5.91 Å². The summed E-state index contributed by atoms with van der Waals surface area (Å²) < 4.78 is 38.1. The number of carbonyl (C=O) groups excluding carboxylic acids is 1. The molecule has 0 saturated carbocycles. The van der Waals surface area contributed by atoms with Crippen LogP contribution in [0.5, 0.6) is 5.75 Å². The number of aromatic nitrogens is 2. The molecule has 2 aromatic carbocycles. The average molecular weight is 473 g/mol. The first-order valence-corrected chi connectivity index (χ1v) is 12.0. The maximum absolute atomic E-state index is 12.7. The van der Waals surface area contributed by atoms with Gasteiger partial charge in [-0.15, -0.1) is 0 Å². The van der Waals surface area contributed by atoms with Crippen LogP contribution in [-0.2, 0) is 34.4 Å². The fourth-order valence-electron chi connectivity index (χ4n) is 3.40. The number of ether oxygens (including phenoxy) is 1. The smallest absolute Gasteiger partial charge is 0.357 e. The summed E-state index contributed by atoms with van der Waals surface area (Å²) in [5.41, 5.74) is 3.08. The summed E-state index contributed by atoms with van der Waals surface area (Å²) in [6.45, 7) is 2.01. The van der Waals surface area contributed by atoms with Gasteiger partial charge in [-0.2, -0.15) is 8.42 Å². The second-order valence-corrected chi connectivity index (χ2v) is 8.75. The van der Waals surface area contributed by atoms with Crippen molar-refractivity contribution >= 4 is 21.9 Å². The molecule has 0 spiro atoms. The van der Waals surface area contributed by atoms with Gasteiger partial charge >= 0.3 is 10.3 Å². The highest BCUT2D eigenvalue weighted by Crippen LogP contribution is 2.20. The molecule has 4 N–H and O–H groups in total. The third-order valence-corrected chi connectivity index (χ3v) is 5.60. The van der Waals surface area contributed by atoms with Crippen molar-refractivity contribution in [2.75, 3.05) is 11.8 Å². The Balaban J connectivity index is 1.69. The van der Waals surface area contributed by atoms with Crippen LogP contribution in [-0.4, -0.2) is 36.0 Å². The molecule has 10 heteroatoms. The van der Waals surface area contributed by atoms with Gasteiger partial charge in [-0.25, -0.2) is 4.98 Å². The summed E-state index contributed by atoms with van der Waals surface area (Å²) in [5, 5.41) is 3.06. The lowest BCUT2D eigenvalue weighted by molar-refractivity contribution is -0.121. The minimum Gasteiger partial charge on any atom is -0.497 e. The molecule has 9 nitrogen and oxygen atoms in total. The predicted molar refractivity (Wildman–Crippen MR) is 125 cm³/mol. The zero-order valence-corrected chi connectivity index (χ0v) is 19.4. The van der Waals surface area contributed by atoms with Crippen molar-refractivity contribution in [2.24, 2.45) is 0 Å². The van der Waals surface area contributed by atoms with E-state index in [9.17, 15) is 13.2 Å². The van der Waals surface area contributed by atoms with Gasteiger partial charge in [0.15, 0.2) is 0 Å². The highest BCUT2D eigenvalue weighted by atomic mass is 32.2. The van der Waals surface area contributed by atoms with E-state index in [-0.39, 0.29) is 17.6 Å². The monoisotopic (exact) mass is 472 g/mol. The molecule has 0 saturated heterocycles. The van der Waals surface area contributed by atoms with Gasteiger partial charge in [0, 0.05) is 18.3 Å². The van der Waals surface area contributed by atoms with E-state index in [1.807, 2.05) is 35.9 Å². The molecule has 0 fully saturated rings. The minimum absolute atomic E-state index is 0.109. The third kappa shape index (κ3) is 7.62. The molecule has 0 bridgehead atoms. The second-order valence-electron chi connectivity index (χ2n) is 7.60. The van der Waals surface area contributed by atoms with Crippen molar-refractivity contribution in [3.05, 3.63) is 77.4 Å². The predicted octanol–water partition coefficient (Wildman–Crippen LogP) is 3.23. The number of rotatable bonds is 11. The van der Waals surface area contributed by atoms with Gasteiger partial charge < -0.3 is 15.0 Å². The molecule has 3 rings (SSSR count). The molecule has 1 amide bonds. The summed E-state index contributed by atoms with van der Waals surface area (Å²) in [6.07, 6.45) is 3.88. The summed E-state index contributed by atoms with van der Waals surface area (Å²) in [4.78, 5) is 20.4. The van der Waals surface area contributed by atoms with Crippen LogP contribution in [0, 0.1) is 0 Å². The Kier molecular flexibility index (Phi) is 8.07. The molecule has 0 radical (unpaired) electrons. The van der Waals surface area contributed by atoms with Crippen LogP contribution in [0.2, 0.25) is 0 Å². The van der Waals surface area contributed by atoms with E-state index in [2.05, 4.69) is 15.3 Å². The van der Waals surface area contributed by atoms with E-state index in [1.54, 1.807) is 37.6 Å². The zero-order valence-electron chi connectivity index (χ0n) is 18.5. The summed E-state index contributed by atoms with van der Waals surface area (Å²) in [6, 6.07) is 13.8. The van der Waals surface area contributed by atoms with Gasteiger partial charge in [0.1, 0.15) is 11.6 Å². The van der Waals surface area contributed by atoms with Crippen LogP contribution in [0.1, 0.15) is 42.0 Å². The molecule has 1 heterocycles. The van der Waals surface area contributed by atoms with Crippen molar-refractivity contribution in [2.45, 2.75) is 38.6 Å². The Hall–Kier alpha value is -3.37. The number of anilines is 1. The summed E-state index contributed by atoms with van der Waals surface area (Å²) in [7, 11) is -2.73. The summed E-state index contributed by atoms with van der Waals surface area (Å²) in [5.74, 6) is 1.30. The van der Waals surface area contributed by atoms with E-state index >= 15 is 0 Å². The van der Waals surface area contributed by atoms with Gasteiger partial charge in [0.05, 0.1) is 18.8 Å². The van der Waals surface area contributed by atoms with Gasteiger partial charge in [-0.1, -0.05) is 31.2 Å². The van der Waals surface area contributed by atoms with Crippen molar-refractivity contribution in [1.29, 1.82) is 0 Å². The van der Waals surface area contributed by atoms with Crippen LogP contribution in [0.4, 0.5) is 5.69 Å². The molecule has 0 aliphatic heterocycles. The van der Waals surface area contributed by atoms with Crippen molar-refractivity contribution in [1.82, 2.24) is 15.3 Å². The molecule has 1 atom stereocenters. The van der Waals surface area contributed by atoms with E-state index in [0.717, 1.165) is 29.0 Å². The number of amides is 1. The highest BCUT2D eigenvalue weighted by Gasteiger charge is 2.19. The number of benzene rings is 2. The first kappa shape index (κ1) is 24.3. The van der Waals surface area contributed by atoms with Crippen LogP contribution < -0.4 is 14.8 Å². The SMILES string of the molecule is CCc1cnc([C@H](Cc2ccc(NS(=O)(=O)O)cc2)NC(=O)CCc2cccc(OC)c2)[nH]1. The number of aromatic amines is 1. The molecular formula is C23H28N4O5S. The third-order valence-electron chi connectivity index (χ3n) is 5.11. The number of methoxy groups -OCH3 is 1. The molecule has 1 aromatic heterocycles. The maximum Gasteiger partial charge on any atom is 0.357 e. The van der Waals surface area contributed by atoms with E-state index < -0.39 is 10.3 Å². The Labute approximate surface area is 193 Å². The number of imidazole rings is 1. The number of aryl methyl sites for hydroxylation is 2. The maximum atomic E-state index is 12.7. The van der Waals surface area contributed by atoms with E-state index in [1.165, 1.54) is 0 Å². The molecule has 0 unspecified atom stereocenters. The lowest BCUT2D eigenvalue weighted by Gasteiger charge is -2.17. The van der Waals surface area contributed by atoms with Gasteiger partial charge in [-0.3, -0.25) is 14.1 Å². The average Bonchev–Trinajstić information content (AvgIpc) is 3.27. The lowest BCUT2D eigenvalue weighted by Crippen LogP contribution is -2.31. The van der Waals surface area contributed by atoms with Crippen LogP contribution in [0.15, 0.2) is 54.7 Å². The molecule has 176 valence electrons. The second kappa shape index (κ2) is 11.0. The number of hydrogen-bond acceptors (Lipinski definition) is 5. The quantitative estimate of drug-likeness (QED) is 0.317. The Bertz CT molecular complexity index is 1180. The first-order valence-electron chi connectivity index (χ1n) is 10.6. The number of nitrogens with zero attached hydrogens (tertiary/aromatic N) is 1. The van der Waals surface area contributed by atoms with Gasteiger partial charge in [0.25, 0.3) is 0 Å². The van der Waals surface area contributed by atoms with Crippen molar-refractivity contribution in [3.8, 4) is 5.75 Å². The largest absolute Gasteiger partial charge is 0.497 e. The highest BCUT2D eigenvalue weighted by molar-refractivity contribution is 7.87. The Morgan fingerprint density at radius 2 is 1.94 bits per heavy atom. The lowest BCUT2D eigenvalue weighted by atomic mass is 10.0. The topological polar surface area (TPSA) is 133 Å². The first-order chi connectivity index (χ1) is 15.8. The van der Waals surface area contributed by atoms with Crippen LogP contribution in [0.3, 0.4) is 0 Å². The Morgan fingerprint density at radius 3 is 2.58 bits per heavy atom. The van der Waals surface area contributed by atoms with E-state index in [0.29, 0.717) is 25.1 Å². The molecular weight excluding hydrogens is 444 g/mol. The van der Waals surface area contributed by atoms with Crippen LogP contribution >= 0.6 is 0 Å². The zero-order chi connectivity index (χ0) is 23.8. The summed E-state index contributed by atoms with van der Waals surface area (Å²) >= 11 is 0. The standard InChI is InChI=1S/C23H28N4O5S/c1-3-18-15-24-23(25-18)21(14-17-7-10-19(11-8-17)27-33(29,30)31)26-22(28)12-9-16-5-4-6-20(13-16)32-2/h4-8,10-11,13,15,21,27H,3,9,12,14H2,1-2H3,(H,24,25)(H,26,28)(H,29,30,31)/t21-/m0/s1. The number of hydrogen-bond donors (Lipinski definition) is 4. The van der Waals surface area contributed by atoms with E-state index in [4.69, 9.17) is 9.29 Å². The number of nitrogens with one attached hydrogen (secondary N) is 3. The number of carbonyl (C=O) groups is 1. The van der Waals surface area contributed by atoms with Crippen LogP contribution in [0.25, 0.3) is 0 Å². The molecule has 0 aliphatic rings. The fraction of sp³-hybridized carbons (Fsp3) is 0.304. The van der Waals surface area contributed by atoms with Gasteiger partial charge in [-0.05, 0) is 54.7 Å². The normalized spacial score (nSPS) is 12.2. The van der Waals surface area contributed by atoms with Crippen molar-refractivity contribution in [3.63, 3.8) is 0 Å².